The van der Waals surface area contributed by atoms with Crippen LogP contribution in [0.3, 0.4) is 0 Å². The first kappa shape index (κ1) is 16.9. The van der Waals surface area contributed by atoms with Gasteiger partial charge in [0.05, 0.1) is 18.7 Å². The minimum atomic E-state index is -0.532. The van der Waals surface area contributed by atoms with E-state index in [2.05, 4.69) is 17.2 Å². The fraction of sp³-hybridized carbons (Fsp3) is 0.389. The van der Waals surface area contributed by atoms with Gasteiger partial charge in [0.25, 0.3) is 0 Å². The summed E-state index contributed by atoms with van der Waals surface area (Å²) in [6.45, 7) is 5.50. The number of para-hydroxylation sites is 1. The van der Waals surface area contributed by atoms with Crippen LogP contribution in [0.5, 0.6) is 5.75 Å². The summed E-state index contributed by atoms with van der Waals surface area (Å²) >= 11 is 0. The van der Waals surface area contributed by atoms with Crippen LogP contribution >= 0.6 is 0 Å². The summed E-state index contributed by atoms with van der Waals surface area (Å²) in [5, 5.41) is 11.8. The Kier molecular flexibility index (Phi) is 5.30. The number of carbonyl (C=O) groups excluding carboxylic acids is 1. The Morgan fingerprint density at radius 3 is 2.91 bits per heavy atom. The van der Waals surface area contributed by atoms with Gasteiger partial charge in [-0.1, -0.05) is 30.0 Å². The van der Waals surface area contributed by atoms with Gasteiger partial charge in [-0.3, -0.25) is 0 Å². The predicted molar refractivity (Wildman–Crippen MR) is 88.1 cm³/mol. The molecule has 122 valence electrons. The Morgan fingerprint density at radius 2 is 2.22 bits per heavy atom. The topological polar surface area (TPSA) is 67.8 Å². The molecule has 2 N–H and O–H groups in total. The first-order chi connectivity index (χ1) is 10.9. The Hall–Kier alpha value is -2.45. The number of carbonyl (C=O) groups is 1. The van der Waals surface area contributed by atoms with Crippen LogP contribution in [0, 0.1) is 11.8 Å². The van der Waals surface area contributed by atoms with Crippen molar-refractivity contribution in [3.05, 3.63) is 35.4 Å². The molecular weight excluding hydrogens is 294 g/mol. The molecule has 0 aliphatic carbocycles. The highest BCUT2D eigenvalue weighted by atomic mass is 16.6. The SMILES string of the molecule is CC(C)(C)OC(=O)NCC#Cc1cccc2c1OC(CO)C=C2. The molecule has 0 fully saturated rings. The van der Waals surface area contributed by atoms with Gasteiger partial charge in [-0.25, -0.2) is 4.79 Å². The third-order valence-corrected chi connectivity index (χ3v) is 2.93. The number of fused-ring (bicyclic) bond motifs is 1. The maximum atomic E-state index is 11.5. The van der Waals surface area contributed by atoms with Gasteiger partial charge >= 0.3 is 6.09 Å². The molecule has 0 bridgehead atoms. The lowest BCUT2D eigenvalue weighted by atomic mass is 10.1. The van der Waals surface area contributed by atoms with E-state index in [1.807, 2.05) is 30.4 Å². The molecule has 0 saturated heterocycles. The summed E-state index contributed by atoms with van der Waals surface area (Å²) in [7, 11) is 0. The van der Waals surface area contributed by atoms with Crippen molar-refractivity contribution in [1.29, 1.82) is 0 Å². The summed E-state index contributed by atoms with van der Waals surface area (Å²) in [6.07, 6.45) is 2.86. The zero-order chi connectivity index (χ0) is 16.9. The molecule has 1 atom stereocenters. The first-order valence-corrected chi connectivity index (χ1v) is 7.43. The second-order valence-corrected chi connectivity index (χ2v) is 6.08. The fourth-order valence-electron chi connectivity index (χ4n) is 1.99. The zero-order valence-electron chi connectivity index (χ0n) is 13.6. The van der Waals surface area contributed by atoms with Crippen LogP contribution in [0.25, 0.3) is 6.08 Å². The van der Waals surface area contributed by atoms with Crippen LogP contribution < -0.4 is 10.1 Å². The Bertz CT molecular complexity index is 662. The highest BCUT2D eigenvalue weighted by Crippen LogP contribution is 2.29. The second-order valence-electron chi connectivity index (χ2n) is 6.08. The van der Waals surface area contributed by atoms with Crippen molar-refractivity contribution in [2.24, 2.45) is 0 Å². The Morgan fingerprint density at radius 1 is 1.43 bits per heavy atom. The molecule has 1 aliphatic rings. The van der Waals surface area contributed by atoms with Crippen molar-refractivity contribution < 1.29 is 19.4 Å². The molecule has 5 heteroatoms. The zero-order valence-corrected chi connectivity index (χ0v) is 13.6. The van der Waals surface area contributed by atoms with Gasteiger partial charge in [0.2, 0.25) is 0 Å². The second kappa shape index (κ2) is 7.21. The summed E-state index contributed by atoms with van der Waals surface area (Å²) in [4.78, 5) is 11.5. The minimum Gasteiger partial charge on any atom is -0.482 e. The van der Waals surface area contributed by atoms with E-state index in [-0.39, 0.29) is 19.3 Å². The molecule has 0 radical (unpaired) electrons. The molecule has 1 aromatic carbocycles. The number of hydrogen-bond donors (Lipinski definition) is 2. The average Bonchev–Trinajstić information content (AvgIpc) is 2.49. The van der Waals surface area contributed by atoms with Gasteiger partial charge in [0, 0.05) is 5.56 Å². The standard InChI is InChI=1S/C18H21NO4/c1-18(2,3)23-17(21)19-11-5-8-13-6-4-7-14-9-10-15(12-20)22-16(13)14/h4,6-7,9-10,15,20H,11-12H2,1-3H3,(H,19,21). The van der Waals surface area contributed by atoms with E-state index in [0.717, 1.165) is 11.1 Å². The number of rotatable bonds is 2. The Labute approximate surface area is 136 Å². The van der Waals surface area contributed by atoms with Crippen LogP contribution in [0.15, 0.2) is 24.3 Å². The molecule has 0 spiro atoms. The van der Waals surface area contributed by atoms with Crippen molar-refractivity contribution in [3.63, 3.8) is 0 Å². The van der Waals surface area contributed by atoms with E-state index in [4.69, 9.17) is 9.47 Å². The van der Waals surface area contributed by atoms with Crippen molar-refractivity contribution in [1.82, 2.24) is 5.32 Å². The maximum Gasteiger partial charge on any atom is 0.408 e. The molecule has 0 saturated carbocycles. The number of benzene rings is 1. The van der Waals surface area contributed by atoms with E-state index >= 15 is 0 Å². The van der Waals surface area contributed by atoms with Gasteiger partial charge in [0.15, 0.2) is 0 Å². The number of nitrogens with one attached hydrogen (secondary N) is 1. The highest BCUT2D eigenvalue weighted by Gasteiger charge is 2.16. The van der Waals surface area contributed by atoms with Crippen LogP contribution in [-0.4, -0.2) is 36.1 Å². The average molecular weight is 315 g/mol. The summed E-state index contributed by atoms with van der Waals surface area (Å²) in [5.41, 5.74) is 1.10. The van der Waals surface area contributed by atoms with E-state index in [0.29, 0.717) is 5.75 Å². The molecule has 1 aromatic rings. The minimum absolute atomic E-state index is 0.0854. The first-order valence-electron chi connectivity index (χ1n) is 7.43. The summed E-state index contributed by atoms with van der Waals surface area (Å²) in [5.74, 6) is 6.50. The molecule has 1 heterocycles. The van der Waals surface area contributed by atoms with Crippen LogP contribution in [0.1, 0.15) is 31.9 Å². The normalized spacial score (nSPS) is 15.7. The predicted octanol–water partition coefficient (Wildman–Crippen LogP) is 2.33. The Balaban J connectivity index is 2.00. The molecule has 1 unspecified atom stereocenters. The van der Waals surface area contributed by atoms with Gasteiger partial charge in [-0.05, 0) is 32.9 Å². The lowest BCUT2D eigenvalue weighted by Gasteiger charge is -2.20. The van der Waals surface area contributed by atoms with Gasteiger partial charge in [-0.2, -0.15) is 0 Å². The molecular formula is C18H21NO4. The molecule has 2 rings (SSSR count). The van der Waals surface area contributed by atoms with E-state index in [1.54, 1.807) is 20.8 Å². The van der Waals surface area contributed by atoms with Gasteiger partial charge < -0.3 is 19.9 Å². The number of amides is 1. The third-order valence-electron chi connectivity index (χ3n) is 2.93. The van der Waals surface area contributed by atoms with E-state index < -0.39 is 11.7 Å². The van der Waals surface area contributed by atoms with E-state index in [9.17, 15) is 9.90 Å². The molecule has 1 amide bonds. The quantitative estimate of drug-likeness (QED) is 0.822. The maximum absolute atomic E-state index is 11.5. The van der Waals surface area contributed by atoms with Crippen LogP contribution in [0.4, 0.5) is 4.79 Å². The van der Waals surface area contributed by atoms with Crippen molar-refractivity contribution >= 4 is 12.2 Å². The number of aliphatic hydroxyl groups is 1. The van der Waals surface area contributed by atoms with Crippen LogP contribution in [-0.2, 0) is 4.74 Å². The summed E-state index contributed by atoms with van der Waals surface area (Å²) < 4.78 is 10.8. The fourth-order valence-corrected chi connectivity index (χ4v) is 1.99. The lowest BCUT2D eigenvalue weighted by molar-refractivity contribution is 0.0535. The summed E-state index contributed by atoms with van der Waals surface area (Å²) in [6, 6.07) is 5.65. The number of hydrogen-bond acceptors (Lipinski definition) is 4. The van der Waals surface area contributed by atoms with Gasteiger partial charge in [0.1, 0.15) is 17.5 Å². The molecule has 23 heavy (non-hydrogen) atoms. The molecule has 5 nitrogen and oxygen atoms in total. The molecule has 0 aromatic heterocycles. The smallest absolute Gasteiger partial charge is 0.408 e. The number of alkyl carbamates (subject to hydrolysis) is 1. The molecule has 1 aliphatic heterocycles. The van der Waals surface area contributed by atoms with Crippen molar-refractivity contribution in [3.8, 4) is 17.6 Å². The third kappa shape index (κ3) is 5.04. The van der Waals surface area contributed by atoms with Crippen LogP contribution in [0.2, 0.25) is 0 Å². The number of aliphatic hydroxyl groups excluding tert-OH is 1. The lowest BCUT2D eigenvalue weighted by Crippen LogP contribution is -2.32. The van der Waals surface area contributed by atoms with Crippen molar-refractivity contribution in [2.45, 2.75) is 32.5 Å². The van der Waals surface area contributed by atoms with Gasteiger partial charge in [-0.15, -0.1) is 0 Å². The van der Waals surface area contributed by atoms with E-state index in [1.165, 1.54) is 0 Å². The number of ether oxygens (including phenoxy) is 2. The highest BCUT2D eigenvalue weighted by molar-refractivity contribution is 5.68. The largest absolute Gasteiger partial charge is 0.482 e. The monoisotopic (exact) mass is 315 g/mol. The van der Waals surface area contributed by atoms with Crippen molar-refractivity contribution in [2.75, 3.05) is 13.2 Å².